The smallest absolute Gasteiger partial charge is 0.166 e. The van der Waals surface area contributed by atoms with E-state index in [0.717, 1.165) is 13.0 Å². The van der Waals surface area contributed by atoms with Crippen molar-refractivity contribution in [2.24, 2.45) is 0 Å². The summed E-state index contributed by atoms with van der Waals surface area (Å²) in [6.07, 6.45) is 1.16. The van der Waals surface area contributed by atoms with E-state index in [1.165, 1.54) is 20.4 Å². The Morgan fingerprint density at radius 3 is 1.58 bits per heavy atom. The number of anilines is 1. The highest BCUT2D eigenvalue weighted by molar-refractivity contribution is 7.97. The van der Waals surface area contributed by atoms with Crippen molar-refractivity contribution < 1.29 is 0 Å². The van der Waals surface area contributed by atoms with Crippen molar-refractivity contribution in [2.45, 2.75) is 28.0 Å². The van der Waals surface area contributed by atoms with Gasteiger partial charge in [-0.3, -0.25) is 0 Å². The predicted octanol–water partition coefficient (Wildman–Crippen LogP) is 5.63. The van der Waals surface area contributed by atoms with Crippen molar-refractivity contribution >= 4 is 16.6 Å². The molecule has 24 heavy (non-hydrogen) atoms. The summed E-state index contributed by atoms with van der Waals surface area (Å²) < 4.78 is 0. The summed E-state index contributed by atoms with van der Waals surface area (Å²) in [6, 6.07) is 30.6. The van der Waals surface area contributed by atoms with Gasteiger partial charge in [-0.15, -0.1) is 0 Å². The molecule has 0 amide bonds. The van der Waals surface area contributed by atoms with E-state index < -0.39 is 0 Å². The molecule has 0 spiro atoms. The van der Waals surface area contributed by atoms with Gasteiger partial charge in [0.2, 0.25) is 0 Å². The van der Waals surface area contributed by atoms with Crippen molar-refractivity contribution in [3.05, 3.63) is 84.9 Å². The Hall–Kier alpha value is -2.19. The average Bonchev–Trinajstić information content (AvgIpc) is 2.64. The molecular weight excluding hydrogens is 310 g/mol. The molecule has 3 rings (SSSR count). The van der Waals surface area contributed by atoms with Gasteiger partial charge in [-0.25, -0.2) is 0 Å². The first kappa shape index (κ1) is 16.7. The van der Waals surface area contributed by atoms with E-state index in [-0.39, 0.29) is 10.9 Å². The number of rotatable bonds is 6. The zero-order chi connectivity index (χ0) is 16.8. The van der Waals surface area contributed by atoms with Crippen LogP contribution in [-0.2, 0) is 10.9 Å². The molecule has 0 aliphatic heterocycles. The fourth-order valence-corrected chi connectivity index (χ4v) is 4.91. The van der Waals surface area contributed by atoms with E-state index in [2.05, 4.69) is 104 Å². The third kappa shape index (κ3) is 3.82. The summed E-state index contributed by atoms with van der Waals surface area (Å²) in [5.41, 5.74) is 1.28. The lowest BCUT2D eigenvalue weighted by Gasteiger charge is -2.18. The first-order valence-corrected chi connectivity index (χ1v) is 9.67. The molecular formula is C22H24NS+. The number of hydrogen-bond donors (Lipinski definition) is 0. The molecule has 0 bridgehead atoms. The molecule has 0 saturated heterocycles. The third-order valence-corrected chi connectivity index (χ3v) is 6.26. The quantitative estimate of drug-likeness (QED) is 0.528. The Kier molecular flexibility index (Phi) is 5.60. The fourth-order valence-electron chi connectivity index (χ4n) is 2.82. The molecule has 0 heterocycles. The van der Waals surface area contributed by atoms with E-state index in [4.69, 9.17) is 0 Å². The van der Waals surface area contributed by atoms with Crippen molar-refractivity contribution in [1.82, 2.24) is 0 Å². The van der Waals surface area contributed by atoms with Crippen LogP contribution in [-0.4, -0.2) is 13.6 Å². The van der Waals surface area contributed by atoms with Crippen LogP contribution in [0.15, 0.2) is 99.6 Å². The topological polar surface area (TPSA) is 3.24 Å². The standard InChI is InChI=1S/C22H24NS/c1-3-18-23(2)19-14-16-22(17-15-19)24(20-10-6-4-7-11-20)21-12-8-5-9-13-21/h4-17H,3,18H2,1-2H3/q+1. The lowest BCUT2D eigenvalue weighted by molar-refractivity contribution is 0.852. The van der Waals surface area contributed by atoms with Crippen molar-refractivity contribution in [2.75, 3.05) is 18.5 Å². The molecule has 0 fully saturated rings. The van der Waals surface area contributed by atoms with Gasteiger partial charge in [-0.05, 0) is 55.0 Å². The first-order valence-electron chi connectivity index (χ1n) is 8.45. The number of benzene rings is 3. The lowest BCUT2D eigenvalue weighted by atomic mass is 10.3. The van der Waals surface area contributed by atoms with Crippen LogP contribution in [0.3, 0.4) is 0 Å². The first-order chi connectivity index (χ1) is 11.8. The number of hydrogen-bond acceptors (Lipinski definition) is 1. The number of nitrogens with zero attached hydrogens (tertiary/aromatic N) is 1. The minimum atomic E-state index is -0.0584. The summed E-state index contributed by atoms with van der Waals surface area (Å²) in [5.74, 6) is 0. The molecule has 0 N–H and O–H groups in total. The summed E-state index contributed by atoms with van der Waals surface area (Å²) in [7, 11) is 2.10. The van der Waals surface area contributed by atoms with Crippen LogP contribution in [0.1, 0.15) is 13.3 Å². The van der Waals surface area contributed by atoms with E-state index in [9.17, 15) is 0 Å². The molecule has 0 radical (unpaired) electrons. The highest BCUT2D eigenvalue weighted by atomic mass is 32.2. The largest absolute Gasteiger partial charge is 0.375 e. The molecule has 1 nitrogen and oxygen atoms in total. The van der Waals surface area contributed by atoms with Crippen LogP contribution in [0.25, 0.3) is 0 Å². The van der Waals surface area contributed by atoms with E-state index in [0.29, 0.717) is 0 Å². The maximum atomic E-state index is 2.31. The fraction of sp³-hybridized carbons (Fsp3) is 0.182. The Balaban J connectivity index is 1.97. The van der Waals surface area contributed by atoms with Gasteiger partial charge in [-0.1, -0.05) is 43.3 Å². The second kappa shape index (κ2) is 8.07. The van der Waals surface area contributed by atoms with Gasteiger partial charge in [0.15, 0.2) is 14.7 Å². The van der Waals surface area contributed by atoms with Gasteiger partial charge in [0.25, 0.3) is 0 Å². The highest BCUT2D eigenvalue weighted by Gasteiger charge is 2.28. The Labute approximate surface area is 148 Å². The second-order valence-electron chi connectivity index (χ2n) is 5.85. The van der Waals surface area contributed by atoms with Gasteiger partial charge in [0.05, 0.1) is 10.9 Å². The van der Waals surface area contributed by atoms with E-state index in [1.54, 1.807) is 0 Å². The van der Waals surface area contributed by atoms with Gasteiger partial charge < -0.3 is 4.90 Å². The van der Waals surface area contributed by atoms with Crippen LogP contribution < -0.4 is 4.90 Å². The summed E-state index contributed by atoms with van der Waals surface area (Å²) in [4.78, 5) is 6.39. The zero-order valence-electron chi connectivity index (χ0n) is 14.4. The minimum absolute atomic E-state index is 0.0584. The Morgan fingerprint density at radius 1 is 0.667 bits per heavy atom. The second-order valence-corrected chi connectivity index (χ2v) is 7.87. The Bertz CT molecular complexity index is 698. The van der Waals surface area contributed by atoms with Gasteiger partial charge >= 0.3 is 0 Å². The molecule has 0 aliphatic rings. The summed E-state index contributed by atoms with van der Waals surface area (Å²) in [5, 5.41) is 0. The van der Waals surface area contributed by atoms with E-state index >= 15 is 0 Å². The molecule has 3 aromatic rings. The molecule has 0 unspecified atom stereocenters. The molecule has 3 aromatic carbocycles. The van der Waals surface area contributed by atoms with Crippen LogP contribution in [0.2, 0.25) is 0 Å². The van der Waals surface area contributed by atoms with Crippen molar-refractivity contribution in [3.63, 3.8) is 0 Å². The van der Waals surface area contributed by atoms with Crippen LogP contribution in [0, 0.1) is 0 Å². The molecule has 0 aromatic heterocycles. The zero-order valence-corrected chi connectivity index (χ0v) is 15.2. The monoisotopic (exact) mass is 334 g/mol. The molecule has 122 valence electrons. The van der Waals surface area contributed by atoms with E-state index in [1.807, 2.05) is 0 Å². The highest BCUT2D eigenvalue weighted by Crippen LogP contribution is 2.31. The molecule has 2 heteroatoms. The maximum absolute atomic E-state index is 2.31. The molecule has 0 aliphatic carbocycles. The van der Waals surface area contributed by atoms with Gasteiger partial charge in [0.1, 0.15) is 0 Å². The SMILES string of the molecule is CCCN(C)c1ccc([S+](c2ccccc2)c2ccccc2)cc1. The Morgan fingerprint density at radius 2 is 1.12 bits per heavy atom. The molecule has 0 saturated carbocycles. The van der Waals surface area contributed by atoms with Gasteiger partial charge in [-0.2, -0.15) is 0 Å². The summed E-state index contributed by atoms with van der Waals surface area (Å²) in [6.45, 7) is 3.30. The maximum Gasteiger partial charge on any atom is 0.166 e. The van der Waals surface area contributed by atoms with Crippen LogP contribution in [0.4, 0.5) is 5.69 Å². The minimum Gasteiger partial charge on any atom is -0.375 e. The average molecular weight is 335 g/mol. The summed E-state index contributed by atoms with van der Waals surface area (Å²) >= 11 is 0. The van der Waals surface area contributed by atoms with Gasteiger partial charge in [0, 0.05) is 19.3 Å². The predicted molar refractivity (Wildman–Crippen MR) is 105 cm³/mol. The molecule has 0 atom stereocenters. The third-order valence-electron chi connectivity index (χ3n) is 4.03. The lowest BCUT2D eigenvalue weighted by Crippen LogP contribution is -2.17. The van der Waals surface area contributed by atoms with Crippen molar-refractivity contribution in [1.29, 1.82) is 0 Å². The van der Waals surface area contributed by atoms with Crippen molar-refractivity contribution in [3.8, 4) is 0 Å². The van der Waals surface area contributed by atoms with Crippen LogP contribution >= 0.6 is 0 Å². The van der Waals surface area contributed by atoms with Crippen LogP contribution in [0.5, 0.6) is 0 Å². The normalized spacial score (nSPS) is 10.8.